The summed E-state index contributed by atoms with van der Waals surface area (Å²) in [7, 11) is 0. The van der Waals surface area contributed by atoms with E-state index in [4.69, 9.17) is 4.74 Å². The van der Waals surface area contributed by atoms with Crippen molar-refractivity contribution in [3.63, 3.8) is 0 Å². The molecule has 2 aromatic carbocycles. The second-order valence-corrected chi connectivity index (χ2v) is 8.05. The summed E-state index contributed by atoms with van der Waals surface area (Å²) in [6.45, 7) is 6.41. The zero-order chi connectivity index (χ0) is 19.5. The van der Waals surface area contributed by atoms with Gasteiger partial charge in [0.1, 0.15) is 0 Å². The predicted octanol–water partition coefficient (Wildman–Crippen LogP) is 4.04. The number of anilines is 1. The first-order valence-corrected chi connectivity index (χ1v) is 10.1. The lowest BCUT2D eigenvalue weighted by Gasteiger charge is -2.31. The fourth-order valence-corrected chi connectivity index (χ4v) is 4.31. The molecule has 1 aliphatic rings. The van der Waals surface area contributed by atoms with Crippen LogP contribution < -0.4 is 5.32 Å². The molecule has 1 aromatic heterocycles. The summed E-state index contributed by atoms with van der Waals surface area (Å²) in [5, 5.41) is 15.0. The highest BCUT2D eigenvalue weighted by Crippen LogP contribution is 2.29. The molecule has 1 aliphatic heterocycles. The molecule has 1 N–H and O–H groups in total. The molecule has 7 nitrogen and oxygen atoms in total. The Morgan fingerprint density at radius 1 is 1.32 bits per heavy atom. The number of thiazole rings is 1. The number of hydrogen-bond donors (Lipinski definition) is 1. The minimum atomic E-state index is -0.382. The summed E-state index contributed by atoms with van der Waals surface area (Å²) in [5.74, 6) is 0. The van der Waals surface area contributed by atoms with Crippen LogP contribution in [0.25, 0.3) is 10.2 Å². The number of morpholine rings is 1. The van der Waals surface area contributed by atoms with E-state index in [-0.39, 0.29) is 16.7 Å². The molecule has 1 atom stereocenters. The smallest absolute Gasteiger partial charge is 0.270 e. The third kappa shape index (κ3) is 4.46. The standard InChI is InChI=1S/C20H22N4O3S/c1-14-12-23(7-8-27-14)13-16-4-2-3-15(9-16)11-21-20-22-18-6-5-17(24(25)26)10-19(18)28-20/h2-6,9-10,14H,7-8,11-13H2,1H3,(H,21,22). The van der Waals surface area contributed by atoms with Crippen molar-refractivity contribution in [2.75, 3.05) is 25.0 Å². The molecule has 146 valence electrons. The first kappa shape index (κ1) is 18.8. The van der Waals surface area contributed by atoms with Gasteiger partial charge in [-0.2, -0.15) is 0 Å². The van der Waals surface area contributed by atoms with Crippen LogP contribution in [0.3, 0.4) is 0 Å². The number of rotatable bonds is 6. The predicted molar refractivity (Wildman–Crippen MR) is 111 cm³/mol. The van der Waals surface area contributed by atoms with Gasteiger partial charge in [0.2, 0.25) is 0 Å². The fourth-order valence-electron chi connectivity index (χ4n) is 3.41. The van der Waals surface area contributed by atoms with Crippen LogP contribution in [0.4, 0.5) is 10.8 Å². The van der Waals surface area contributed by atoms with Crippen molar-refractivity contribution >= 4 is 32.4 Å². The van der Waals surface area contributed by atoms with E-state index in [2.05, 4.69) is 46.4 Å². The molecular formula is C20H22N4O3S. The summed E-state index contributed by atoms with van der Waals surface area (Å²) in [6.07, 6.45) is 0.286. The highest BCUT2D eigenvalue weighted by Gasteiger charge is 2.16. The molecule has 4 rings (SSSR count). The van der Waals surface area contributed by atoms with Gasteiger partial charge in [0.05, 0.1) is 27.9 Å². The highest BCUT2D eigenvalue weighted by atomic mass is 32.1. The summed E-state index contributed by atoms with van der Waals surface area (Å²) >= 11 is 1.43. The van der Waals surface area contributed by atoms with Crippen LogP contribution in [0.15, 0.2) is 42.5 Å². The molecule has 3 aromatic rings. The molecule has 0 spiro atoms. The molecule has 1 unspecified atom stereocenters. The molecule has 1 saturated heterocycles. The number of aromatic nitrogens is 1. The van der Waals surface area contributed by atoms with Gasteiger partial charge in [0.25, 0.3) is 5.69 Å². The Hall–Kier alpha value is -2.55. The molecule has 8 heteroatoms. The highest BCUT2D eigenvalue weighted by molar-refractivity contribution is 7.22. The maximum absolute atomic E-state index is 10.9. The molecular weight excluding hydrogens is 376 g/mol. The number of fused-ring (bicyclic) bond motifs is 1. The number of ether oxygens (including phenoxy) is 1. The van der Waals surface area contributed by atoms with E-state index >= 15 is 0 Å². The average Bonchev–Trinajstić information content (AvgIpc) is 3.09. The molecule has 0 saturated carbocycles. The SMILES string of the molecule is CC1CN(Cc2cccc(CNc3nc4ccc([N+](=O)[O-])cc4s3)c2)CCO1. The number of non-ortho nitro benzene ring substituents is 1. The topological polar surface area (TPSA) is 80.5 Å². The first-order valence-electron chi connectivity index (χ1n) is 9.27. The number of benzene rings is 2. The van der Waals surface area contributed by atoms with Crippen LogP contribution in [0.1, 0.15) is 18.1 Å². The quantitative estimate of drug-likeness (QED) is 0.499. The van der Waals surface area contributed by atoms with Crippen molar-refractivity contribution in [1.82, 2.24) is 9.88 Å². The van der Waals surface area contributed by atoms with Gasteiger partial charge >= 0.3 is 0 Å². The zero-order valence-electron chi connectivity index (χ0n) is 15.6. The number of nitrogens with one attached hydrogen (secondary N) is 1. The zero-order valence-corrected chi connectivity index (χ0v) is 16.4. The van der Waals surface area contributed by atoms with Crippen molar-refractivity contribution < 1.29 is 9.66 Å². The monoisotopic (exact) mass is 398 g/mol. The van der Waals surface area contributed by atoms with Gasteiger partial charge in [0.15, 0.2) is 5.13 Å². The van der Waals surface area contributed by atoms with Gasteiger partial charge in [-0.1, -0.05) is 35.6 Å². The van der Waals surface area contributed by atoms with Crippen molar-refractivity contribution in [3.8, 4) is 0 Å². The summed E-state index contributed by atoms with van der Waals surface area (Å²) in [5.41, 5.74) is 3.33. The van der Waals surface area contributed by atoms with E-state index in [1.54, 1.807) is 12.1 Å². The van der Waals surface area contributed by atoms with Crippen LogP contribution in [0.2, 0.25) is 0 Å². The summed E-state index contributed by atoms with van der Waals surface area (Å²) in [4.78, 5) is 17.5. The number of nitrogens with zero attached hydrogens (tertiary/aromatic N) is 3. The van der Waals surface area contributed by atoms with Crippen LogP contribution in [-0.2, 0) is 17.8 Å². The van der Waals surface area contributed by atoms with E-state index in [0.717, 1.165) is 41.6 Å². The molecule has 0 amide bonds. The maximum atomic E-state index is 10.9. The third-order valence-corrected chi connectivity index (χ3v) is 5.73. The van der Waals surface area contributed by atoms with Gasteiger partial charge in [-0.05, 0) is 24.1 Å². The van der Waals surface area contributed by atoms with Crippen LogP contribution in [-0.4, -0.2) is 40.6 Å². The van der Waals surface area contributed by atoms with Crippen molar-refractivity contribution in [2.24, 2.45) is 0 Å². The van der Waals surface area contributed by atoms with Gasteiger partial charge in [0, 0.05) is 38.3 Å². The van der Waals surface area contributed by atoms with Crippen molar-refractivity contribution in [3.05, 3.63) is 63.7 Å². The lowest BCUT2D eigenvalue weighted by atomic mass is 10.1. The van der Waals surface area contributed by atoms with Crippen molar-refractivity contribution in [2.45, 2.75) is 26.1 Å². The van der Waals surface area contributed by atoms with Crippen molar-refractivity contribution in [1.29, 1.82) is 0 Å². The lowest BCUT2D eigenvalue weighted by molar-refractivity contribution is -0.384. The third-order valence-electron chi connectivity index (χ3n) is 4.75. The maximum Gasteiger partial charge on any atom is 0.270 e. The van der Waals surface area contributed by atoms with Gasteiger partial charge < -0.3 is 10.1 Å². The molecule has 0 aliphatic carbocycles. The Labute approximate surface area is 167 Å². The Kier molecular flexibility index (Phi) is 5.52. The Bertz CT molecular complexity index is 990. The second kappa shape index (κ2) is 8.22. The van der Waals surface area contributed by atoms with E-state index in [1.807, 2.05) is 0 Å². The summed E-state index contributed by atoms with van der Waals surface area (Å²) in [6, 6.07) is 13.3. The fraction of sp³-hybridized carbons (Fsp3) is 0.350. The average molecular weight is 398 g/mol. The minimum absolute atomic E-state index is 0.0906. The van der Waals surface area contributed by atoms with E-state index in [9.17, 15) is 10.1 Å². The van der Waals surface area contributed by atoms with Crippen LogP contribution in [0, 0.1) is 10.1 Å². The van der Waals surface area contributed by atoms with Gasteiger partial charge in [-0.25, -0.2) is 4.98 Å². The Morgan fingerprint density at radius 3 is 3.00 bits per heavy atom. The number of nitro groups is 1. The van der Waals surface area contributed by atoms with Gasteiger partial charge in [-0.3, -0.25) is 15.0 Å². The lowest BCUT2D eigenvalue weighted by Crippen LogP contribution is -2.40. The normalized spacial score (nSPS) is 17.7. The number of nitro benzene ring substituents is 1. The summed E-state index contributed by atoms with van der Waals surface area (Å²) < 4.78 is 6.42. The van der Waals surface area contributed by atoms with E-state index in [0.29, 0.717) is 6.54 Å². The molecule has 2 heterocycles. The Morgan fingerprint density at radius 2 is 2.18 bits per heavy atom. The first-order chi connectivity index (χ1) is 13.6. The Balaban J connectivity index is 1.40. The molecule has 1 fully saturated rings. The van der Waals surface area contributed by atoms with E-state index in [1.165, 1.54) is 28.5 Å². The number of hydrogen-bond acceptors (Lipinski definition) is 7. The minimum Gasteiger partial charge on any atom is -0.376 e. The van der Waals surface area contributed by atoms with Gasteiger partial charge in [-0.15, -0.1) is 0 Å². The largest absolute Gasteiger partial charge is 0.376 e. The second-order valence-electron chi connectivity index (χ2n) is 7.02. The molecule has 0 radical (unpaired) electrons. The molecule has 28 heavy (non-hydrogen) atoms. The molecule has 0 bridgehead atoms. The van der Waals surface area contributed by atoms with Crippen LogP contribution >= 0.6 is 11.3 Å². The van der Waals surface area contributed by atoms with E-state index < -0.39 is 0 Å². The van der Waals surface area contributed by atoms with Crippen LogP contribution in [0.5, 0.6) is 0 Å².